The summed E-state index contributed by atoms with van der Waals surface area (Å²) in [6.07, 6.45) is 5.26. The number of ether oxygens (including phenoxy) is 1. The van der Waals surface area contributed by atoms with Gasteiger partial charge in [-0.05, 0) is 36.9 Å². The third-order valence-corrected chi connectivity index (χ3v) is 5.24. The fourth-order valence-electron chi connectivity index (χ4n) is 2.06. The van der Waals surface area contributed by atoms with Crippen molar-refractivity contribution < 1.29 is 14.1 Å². The van der Waals surface area contributed by atoms with Crippen molar-refractivity contribution in [3.8, 4) is 0 Å². The molecular formula is C14H18NO2S2+. The van der Waals surface area contributed by atoms with Crippen molar-refractivity contribution >= 4 is 39.8 Å². The molecule has 0 N–H and O–H groups in total. The van der Waals surface area contributed by atoms with Gasteiger partial charge in [-0.15, -0.1) is 0 Å². The summed E-state index contributed by atoms with van der Waals surface area (Å²) in [7, 11) is 0. The summed E-state index contributed by atoms with van der Waals surface area (Å²) in [5, 5.41) is 0. The van der Waals surface area contributed by atoms with Crippen LogP contribution in [0, 0.1) is 0 Å². The molecule has 0 saturated heterocycles. The lowest BCUT2D eigenvalue weighted by Crippen LogP contribution is -2.34. The van der Waals surface area contributed by atoms with E-state index in [0.29, 0.717) is 13.1 Å². The van der Waals surface area contributed by atoms with Crippen LogP contribution < -0.4 is 4.57 Å². The molecular weight excluding hydrogens is 278 g/mol. The number of para-hydroxylation sites is 1. The Kier molecular flexibility index (Phi) is 5.66. The summed E-state index contributed by atoms with van der Waals surface area (Å²) in [4.78, 5) is 10.0. The van der Waals surface area contributed by atoms with Gasteiger partial charge in [0.1, 0.15) is 4.70 Å². The Hall–Kier alpha value is -1.07. The van der Waals surface area contributed by atoms with Gasteiger partial charge in [0.2, 0.25) is 5.52 Å². The number of carbonyl (C=O) groups excluding carboxylic acids is 1. The summed E-state index contributed by atoms with van der Waals surface area (Å²) >= 11 is 3.65. The van der Waals surface area contributed by atoms with Crippen molar-refractivity contribution in [1.82, 2.24) is 0 Å². The normalized spacial score (nSPS) is 10.8. The Morgan fingerprint density at radius 3 is 2.95 bits per heavy atom. The van der Waals surface area contributed by atoms with Crippen molar-refractivity contribution in [2.75, 3.05) is 12.9 Å². The van der Waals surface area contributed by atoms with Gasteiger partial charge in [-0.1, -0.05) is 23.5 Å². The van der Waals surface area contributed by atoms with E-state index in [9.17, 15) is 4.79 Å². The van der Waals surface area contributed by atoms with Crippen molar-refractivity contribution in [1.29, 1.82) is 0 Å². The zero-order chi connectivity index (χ0) is 13.5. The third-order valence-electron chi connectivity index (χ3n) is 2.96. The highest BCUT2D eigenvalue weighted by Crippen LogP contribution is 2.26. The number of fused-ring (bicyclic) bond motifs is 1. The van der Waals surface area contributed by atoms with E-state index in [1.807, 2.05) is 11.3 Å². The molecule has 102 valence electrons. The van der Waals surface area contributed by atoms with Gasteiger partial charge in [0.05, 0.1) is 6.61 Å². The smallest absolute Gasteiger partial charge is 0.298 e. The molecule has 0 spiro atoms. The monoisotopic (exact) mass is 296 g/mol. The Balaban J connectivity index is 1.97. The van der Waals surface area contributed by atoms with Crippen LogP contribution in [-0.4, -0.2) is 19.3 Å². The number of nitrogens with zero attached hydrogens (tertiary/aromatic N) is 1. The Morgan fingerprint density at radius 1 is 1.32 bits per heavy atom. The van der Waals surface area contributed by atoms with E-state index in [-0.39, 0.29) is 0 Å². The number of thioether (sulfide) groups is 1. The maximum atomic E-state index is 10.0. The standard InChI is InChI=1S/C14H18NO2S2/c1-18-14-15(9-5-2-6-10-17-11-16)12-7-3-4-8-13(12)19-14/h3-4,7-8,11H,2,5-6,9-10H2,1H3/q+1. The van der Waals surface area contributed by atoms with Crippen molar-refractivity contribution in [3.63, 3.8) is 0 Å². The molecule has 2 aromatic rings. The lowest BCUT2D eigenvalue weighted by atomic mass is 10.2. The zero-order valence-electron chi connectivity index (χ0n) is 11.0. The molecule has 19 heavy (non-hydrogen) atoms. The molecule has 0 saturated carbocycles. The minimum atomic E-state index is 0.521. The van der Waals surface area contributed by atoms with Crippen LogP contribution in [0.4, 0.5) is 0 Å². The fraction of sp³-hybridized carbons (Fsp3) is 0.429. The number of thiazole rings is 1. The van der Waals surface area contributed by atoms with Gasteiger partial charge in [-0.2, -0.15) is 4.57 Å². The number of benzene rings is 1. The first-order chi connectivity index (χ1) is 9.36. The summed E-state index contributed by atoms with van der Waals surface area (Å²) in [6.45, 7) is 2.09. The van der Waals surface area contributed by atoms with E-state index in [1.165, 1.54) is 14.6 Å². The van der Waals surface area contributed by atoms with E-state index in [1.54, 1.807) is 11.8 Å². The predicted molar refractivity (Wildman–Crippen MR) is 79.7 cm³/mol. The molecule has 0 atom stereocenters. The number of hydrogen-bond donors (Lipinski definition) is 0. The van der Waals surface area contributed by atoms with Crippen LogP contribution in [0.1, 0.15) is 19.3 Å². The minimum absolute atomic E-state index is 0.521. The lowest BCUT2D eigenvalue weighted by Gasteiger charge is -1.99. The predicted octanol–water partition coefficient (Wildman–Crippen LogP) is 3.25. The summed E-state index contributed by atoms with van der Waals surface area (Å²) in [5.41, 5.74) is 1.32. The first-order valence-electron chi connectivity index (χ1n) is 6.37. The van der Waals surface area contributed by atoms with Crippen molar-refractivity contribution in [3.05, 3.63) is 24.3 Å². The summed E-state index contributed by atoms with van der Waals surface area (Å²) < 4.78 is 9.79. The number of carbonyl (C=O) groups is 1. The quantitative estimate of drug-likeness (QED) is 0.324. The molecule has 0 aliphatic carbocycles. The first kappa shape index (κ1) is 14.3. The molecule has 0 amide bonds. The molecule has 0 radical (unpaired) electrons. The molecule has 0 bridgehead atoms. The van der Waals surface area contributed by atoms with Crippen LogP contribution in [0.3, 0.4) is 0 Å². The van der Waals surface area contributed by atoms with Gasteiger partial charge in [-0.25, -0.2) is 0 Å². The van der Waals surface area contributed by atoms with E-state index in [4.69, 9.17) is 4.74 Å². The Labute approximate surface area is 121 Å². The number of rotatable bonds is 8. The van der Waals surface area contributed by atoms with Gasteiger partial charge in [0, 0.05) is 12.5 Å². The lowest BCUT2D eigenvalue weighted by molar-refractivity contribution is -0.702. The third kappa shape index (κ3) is 3.70. The Bertz CT molecular complexity index is 539. The average molecular weight is 296 g/mol. The first-order valence-corrected chi connectivity index (χ1v) is 8.41. The molecule has 1 aromatic carbocycles. The molecule has 0 unspecified atom stereocenters. The van der Waals surface area contributed by atoms with Gasteiger partial charge < -0.3 is 4.74 Å². The van der Waals surface area contributed by atoms with Gasteiger partial charge >= 0.3 is 0 Å². The van der Waals surface area contributed by atoms with Crippen molar-refractivity contribution in [2.24, 2.45) is 0 Å². The van der Waals surface area contributed by atoms with Crippen LogP contribution in [0.5, 0.6) is 0 Å². The molecule has 5 heteroatoms. The van der Waals surface area contributed by atoms with Crippen LogP contribution in [0.2, 0.25) is 0 Å². The molecule has 3 nitrogen and oxygen atoms in total. The summed E-state index contributed by atoms with van der Waals surface area (Å²) in [5.74, 6) is 0. The fourth-order valence-corrected chi connectivity index (χ4v) is 3.99. The Morgan fingerprint density at radius 2 is 2.16 bits per heavy atom. The van der Waals surface area contributed by atoms with E-state index >= 15 is 0 Å². The van der Waals surface area contributed by atoms with E-state index in [2.05, 4.69) is 35.1 Å². The molecule has 0 fully saturated rings. The van der Waals surface area contributed by atoms with E-state index in [0.717, 1.165) is 25.8 Å². The van der Waals surface area contributed by atoms with Crippen LogP contribution in [0.25, 0.3) is 10.2 Å². The van der Waals surface area contributed by atoms with Crippen molar-refractivity contribution in [2.45, 2.75) is 30.1 Å². The maximum absolute atomic E-state index is 10.0. The summed E-state index contributed by atoms with van der Waals surface area (Å²) in [6, 6.07) is 8.53. The second-order valence-electron chi connectivity index (χ2n) is 4.22. The minimum Gasteiger partial charge on any atom is -0.468 e. The second kappa shape index (κ2) is 7.50. The number of hydrogen-bond acceptors (Lipinski definition) is 4. The van der Waals surface area contributed by atoms with Crippen LogP contribution >= 0.6 is 23.1 Å². The van der Waals surface area contributed by atoms with Gasteiger partial charge in [0.15, 0.2) is 6.54 Å². The topological polar surface area (TPSA) is 30.2 Å². The van der Waals surface area contributed by atoms with Crippen LogP contribution in [0.15, 0.2) is 28.6 Å². The molecule has 0 aliphatic rings. The van der Waals surface area contributed by atoms with Gasteiger partial charge in [0.25, 0.3) is 10.8 Å². The SMILES string of the molecule is CSc1sc2ccccc2[n+]1CCCCCOC=O. The highest BCUT2D eigenvalue weighted by atomic mass is 32.2. The van der Waals surface area contributed by atoms with Crippen LogP contribution in [-0.2, 0) is 16.1 Å². The molecule has 1 aromatic heterocycles. The van der Waals surface area contributed by atoms with E-state index < -0.39 is 0 Å². The molecule has 2 rings (SSSR count). The average Bonchev–Trinajstić information content (AvgIpc) is 2.81. The largest absolute Gasteiger partial charge is 0.468 e. The maximum Gasteiger partial charge on any atom is 0.298 e. The number of aryl methyl sites for hydroxylation is 1. The second-order valence-corrected chi connectivity index (χ2v) is 6.30. The highest BCUT2D eigenvalue weighted by Gasteiger charge is 2.18. The molecule has 1 heterocycles. The van der Waals surface area contributed by atoms with Gasteiger partial charge in [-0.3, -0.25) is 4.79 Å². The number of aromatic nitrogens is 1. The zero-order valence-corrected chi connectivity index (χ0v) is 12.6. The highest BCUT2D eigenvalue weighted by molar-refractivity contribution is 8.00. The molecule has 0 aliphatic heterocycles. The number of unbranched alkanes of at least 4 members (excludes halogenated alkanes) is 2.